The number of benzene rings is 1. The third-order valence-corrected chi connectivity index (χ3v) is 4.77. The van der Waals surface area contributed by atoms with Gasteiger partial charge in [-0.3, -0.25) is 4.99 Å². The van der Waals surface area contributed by atoms with Crippen LogP contribution in [-0.2, 0) is 4.74 Å². The normalized spacial score (nSPS) is 18.8. The third-order valence-electron chi connectivity index (χ3n) is 4.77. The van der Waals surface area contributed by atoms with Crippen LogP contribution in [0.1, 0.15) is 27.2 Å². The van der Waals surface area contributed by atoms with E-state index in [0.717, 1.165) is 37.0 Å². The lowest BCUT2D eigenvalue weighted by molar-refractivity contribution is 0.0137. The fourth-order valence-electron chi connectivity index (χ4n) is 3.38. The fraction of sp³-hybridized carbons (Fsp3) is 0.619. The molecule has 2 heterocycles. The van der Waals surface area contributed by atoms with Crippen LogP contribution in [0, 0.1) is 0 Å². The number of nitrogens with zero attached hydrogens (tertiary/aromatic N) is 3. The zero-order valence-corrected chi connectivity index (χ0v) is 17.8. The number of rotatable bonds is 6. The molecule has 0 aromatic heterocycles. The molecule has 0 radical (unpaired) electrons. The van der Waals surface area contributed by atoms with Gasteiger partial charge in [-0.2, -0.15) is 0 Å². The van der Waals surface area contributed by atoms with Crippen LogP contribution in [0.15, 0.2) is 29.3 Å². The summed E-state index contributed by atoms with van der Waals surface area (Å²) in [6, 6.07) is 7.82. The summed E-state index contributed by atoms with van der Waals surface area (Å²) < 4.78 is 16.5. The first kappa shape index (κ1) is 21.1. The predicted octanol–water partition coefficient (Wildman–Crippen LogP) is 2.34. The Hall–Kier alpha value is -2.64. The van der Waals surface area contributed by atoms with Gasteiger partial charge in [-0.25, -0.2) is 4.79 Å². The van der Waals surface area contributed by atoms with E-state index in [9.17, 15) is 4.79 Å². The van der Waals surface area contributed by atoms with Crippen molar-refractivity contribution in [2.24, 2.45) is 4.99 Å². The number of guanidine groups is 1. The van der Waals surface area contributed by atoms with E-state index in [1.165, 1.54) is 0 Å². The highest BCUT2D eigenvalue weighted by Gasteiger charge is 2.36. The molecule has 2 aliphatic rings. The molecule has 3 rings (SSSR count). The minimum absolute atomic E-state index is 0.215. The van der Waals surface area contributed by atoms with E-state index in [0.29, 0.717) is 26.2 Å². The van der Waals surface area contributed by atoms with Crippen LogP contribution in [0.4, 0.5) is 4.79 Å². The largest absolute Gasteiger partial charge is 0.497 e. The Morgan fingerprint density at radius 3 is 2.83 bits per heavy atom. The van der Waals surface area contributed by atoms with Gasteiger partial charge in [0.2, 0.25) is 0 Å². The van der Waals surface area contributed by atoms with E-state index in [1.54, 1.807) is 12.0 Å². The SMILES string of the molecule is COc1cccc(OCCCNC2=NCC3CN(C(=O)OC(C)(C)C)CCN23)c1. The second-order valence-electron chi connectivity index (χ2n) is 8.25. The highest BCUT2D eigenvalue weighted by molar-refractivity contribution is 5.82. The fourth-order valence-corrected chi connectivity index (χ4v) is 3.38. The Labute approximate surface area is 172 Å². The molecular weight excluding hydrogens is 372 g/mol. The summed E-state index contributed by atoms with van der Waals surface area (Å²) in [6.07, 6.45) is 0.618. The van der Waals surface area contributed by atoms with Crippen molar-refractivity contribution in [1.82, 2.24) is 15.1 Å². The summed E-state index contributed by atoms with van der Waals surface area (Å²) in [5.74, 6) is 2.51. The zero-order chi connectivity index (χ0) is 20.9. The first-order valence-corrected chi connectivity index (χ1v) is 10.2. The summed E-state index contributed by atoms with van der Waals surface area (Å²) >= 11 is 0. The molecule has 0 saturated carbocycles. The number of hydrogen-bond acceptors (Lipinski definition) is 7. The lowest BCUT2D eigenvalue weighted by atomic mass is 10.2. The van der Waals surface area contributed by atoms with Crippen LogP contribution in [-0.4, -0.2) is 79.9 Å². The van der Waals surface area contributed by atoms with E-state index in [4.69, 9.17) is 14.2 Å². The molecule has 2 aliphatic heterocycles. The smallest absolute Gasteiger partial charge is 0.410 e. The molecule has 1 aromatic rings. The molecule has 1 atom stereocenters. The quantitative estimate of drug-likeness (QED) is 0.734. The van der Waals surface area contributed by atoms with E-state index in [1.807, 2.05) is 45.0 Å². The van der Waals surface area contributed by atoms with Crippen LogP contribution in [0.25, 0.3) is 0 Å². The Kier molecular flexibility index (Phi) is 6.71. The van der Waals surface area contributed by atoms with Crippen molar-refractivity contribution < 1.29 is 19.0 Å². The van der Waals surface area contributed by atoms with Gasteiger partial charge >= 0.3 is 6.09 Å². The Morgan fingerprint density at radius 1 is 1.28 bits per heavy atom. The Morgan fingerprint density at radius 2 is 2.07 bits per heavy atom. The number of fused-ring (bicyclic) bond motifs is 1. The molecule has 1 N–H and O–H groups in total. The molecule has 0 aliphatic carbocycles. The number of ether oxygens (including phenoxy) is 3. The van der Waals surface area contributed by atoms with Crippen molar-refractivity contribution in [3.63, 3.8) is 0 Å². The molecule has 8 heteroatoms. The van der Waals surface area contributed by atoms with Gasteiger partial charge in [-0.05, 0) is 39.3 Å². The van der Waals surface area contributed by atoms with E-state index < -0.39 is 5.60 Å². The van der Waals surface area contributed by atoms with Gasteiger partial charge in [0.15, 0.2) is 5.96 Å². The molecule has 1 amide bonds. The first-order chi connectivity index (χ1) is 13.9. The molecule has 1 fully saturated rings. The zero-order valence-electron chi connectivity index (χ0n) is 17.8. The standard InChI is InChI=1S/C21H32N4O4/c1-21(2,3)29-20(26)24-10-11-25-16(15-24)14-23-19(25)22-9-6-12-28-18-8-5-7-17(13-18)27-4/h5,7-8,13,16H,6,9-12,14-15H2,1-4H3,(H,22,23). The third kappa shape index (κ3) is 5.92. The Bertz CT molecular complexity index is 732. The average molecular weight is 405 g/mol. The number of methoxy groups -OCH3 is 1. The first-order valence-electron chi connectivity index (χ1n) is 10.2. The van der Waals surface area contributed by atoms with Gasteiger partial charge in [-0.1, -0.05) is 6.07 Å². The molecule has 0 spiro atoms. The molecule has 29 heavy (non-hydrogen) atoms. The van der Waals surface area contributed by atoms with Crippen molar-refractivity contribution in [2.75, 3.05) is 46.4 Å². The van der Waals surface area contributed by atoms with Gasteiger partial charge in [0.1, 0.15) is 17.1 Å². The van der Waals surface area contributed by atoms with E-state index >= 15 is 0 Å². The second kappa shape index (κ2) is 9.24. The van der Waals surface area contributed by atoms with Gasteiger partial charge in [0, 0.05) is 32.2 Å². The van der Waals surface area contributed by atoms with Crippen molar-refractivity contribution in [3.05, 3.63) is 24.3 Å². The molecule has 160 valence electrons. The number of hydrogen-bond donors (Lipinski definition) is 1. The lowest BCUT2D eigenvalue weighted by Gasteiger charge is -2.39. The van der Waals surface area contributed by atoms with Gasteiger partial charge < -0.3 is 29.3 Å². The van der Waals surface area contributed by atoms with Crippen LogP contribution in [0.2, 0.25) is 0 Å². The highest BCUT2D eigenvalue weighted by atomic mass is 16.6. The summed E-state index contributed by atoms with van der Waals surface area (Å²) in [6.45, 7) is 9.80. The monoisotopic (exact) mass is 404 g/mol. The summed E-state index contributed by atoms with van der Waals surface area (Å²) in [7, 11) is 1.64. The number of nitrogens with one attached hydrogen (secondary N) is 1. The maximum atomic E-state index is 12.3. The van der Waals surface area contributed by atoms with Gasteiger partial charge in [0.05, 0.1) is 26.3 Å². The van der Waals surface area contributed by atoms with Crippen molar-refractivity contribution in [3.8, 4) is 11.5 Å². The molecule has 0 bridgehead atoms. The van der Waals surface area contributed by atoms with Gasteiger partial charge in [-0.15, -0.1) is 0 Å². The van der Waals surface area contributed by atoms with Crippen molar-refractivity contribution in [2.45, 2.75) is 38.8 Å². The molecule has 1 saturated heterocycles. The molecule has 8 nitrogen and oxygen atoms in total. The van der Waals surface area contributed by atoms with E-state index in [-0.39, 0.29) is 12.1 Å². The van der Waals surface area contributed by atoms with E-state index in [2.05, 4.69) is 15.2 Å². The summed E-state index contributed by atoms with van der Waals surface area (Å²) in [5.41, 5.74) is -0.472. The molecule has 1 unspecified atom stereocenters. The Balaban J connectivity index is 1.37. The number of aliphatic imine (C=N–C) groups is 1. The predicted molar refractivity (Wildman–Crippen MR) is 112 cm³/mol. The maximum absolute atomic E-state index is 12.3. The van der Waals surface area contributed by atoms with Crippen molar-refractivity contribution >= 4 is 12.1 Å². The number of piperazine rings is 1. The number of carbonyl (C=O) groups excluding carboxylic acids is 1. The second-order valence-corrected chi connectivity index (χ2v) is 8.25. The van der Waals surface area contributed by atoms with Gasteiger partial charge in [0.25, 0.3) is 0 Å². The minimum atomic E-state index is -0.472. The molecule has 1 aromatic carbocycles. The summed E-state index contributed by atoms with van der Waals surface area (Å²) in [4.78, 5) is 21.0. The van der Waals surface area contributed by atoms with Crippen LogP contribution in [0.3, 0.4) is 0 Å². The maximum Gasteiger partial charge on any atom is 0.410 e. The van der Waals surface area contributed by atoms with Crippen LogP contribution >= 0.6 is 0 Å². The minimum Gasteiger partial charge on any atom is -0.497 e. The molecular formula is C21H32N4O4. The lowest BCUT2D eigenvalue weighted by Crippen LogP contribution is -2.57. The summed E-state index contributed by atoms with van der Waals surface area (Å²) in [5, 5.41) is 3.41. The van der Waals surface area contributed by atoms with Crippen LogP contribution < -0.4 is 14.8 Å². The number of amides is 1. The highest BCUT2D eigenvalue weighted by Crippen LogP contribution is 2.20. The average Bonchev–Trinajstić information content (AvgIpc) is 3.09. The van der Waals surface area contributed by atoms with Crippen molar-refractivity contribution in [1.29, 1.82) is 0 Å². The van der Waals surface area contributed by atoms with Crippen LogP contribution in [0.5, 0.6) is 11.5 Å². The topological polar surface area (TPSA) is 75.6 Å². The number of carbonyl (C=O) groups is 1.